The maximum atomic E-state index is 4.29. The van der Waals surface area contributed by atoms with Crippen LogP contribution in [-0.4, -0.2) is 26.1 Å². The number of hydrogen-bond acceptors (Lipinski definition) is 4. The molecule has 0 unspecified atom stereocenters. The molecule has 5 heteroatoms. The highest BCUT2D eigenvalue weighted by molar-refractivity contribution is 5.61. The number of allylic oxidation sites excluding steroid dienone is 1. The third kappa shape index (κ3) is 2.13. The van der Waals surface area contributed by atoms with Gasteiger partial charge >= 0.3 is 0 Å². The van der Waals surface area contributed by atoms with Crippen molar-refractivity contribution in [2.45, 2.75) is 25.7 Å². The number of anilines is 1. The summed E-state index contributed by atoms with van der Waals surface area (Å²) < 4.78 is 1.87. The van der Waals surface area contributed by atoms with Crippen molar-refractivity contribution in [2.24, 2.45) is 0 Å². The van der Waals surface area contributed by atoms with Crippen molar-refractivity contribution in [1.82, 2.24) is 19.6 Å². The smallest absolute Gasteiger partial charge is 0.203 e. The van der Waals surface area contributed by atoms with Gasteiger partial charge in [-0.15, -0.1) is 10.2 Å². The Morgan fingerprint density at radius 1 is 1.41 bits per heavy atom. The summed E-state index contributed by atoms with van der Waals surface area (Å²) >= 11 is 0. The molecule has 0 bridgehead atoms. The van der Waals surface area contributed by atoms with Gasteiger partial charge in [-0.1, -0.05) is 11.6 Å². The van der Waals surface area contributed by atoms with Crippen LogP contribution >= 0.6 is 0 Å². The first-order valence-corrected chi connectivity index (χ1v) is 5.99. The van der Waals surface area contributed by atoms with Gasteiger partial charge in [0, 0.05) is 18.9 Å². The predicted octanol–water partition coefficient (Wildman–Crippen LogP) is 2.04. The number of hydrogen-bond donors (Lipinski definition) is 1. The van der Waals surface area contributed by atoms with Crippen LogP contribution in [0.2, 0.25) is 0 Å². The van der Waals surface area contributed by atoms with E-state index in [1.807, 2.05) is 10.6 Å². The highest BCUT2D eigenvalue weighted by Gasteiger charge is 2.06. The van der Waals surface area contributed by atoms with Gasteiger partial charge in [-0.2, -0.15) is 0 Å². The van der Waals surface area contributed by atoms with Crippen molar-refractivity contribution in [3.63, 3.8) is 0 Å². The second kappa shape index (κ2) is 4.53. The lowest BCUT2D eigenvalue weighted by atomic mass is 10.2. The average Bonchev–Trinajstić information content (AvgIpc) is 2.99. The van der Waals surface area contributed by atoms with E-state index >= 15 is 0 Å². The minimum absolute atomic E-state index is 0.785. The molecule has 2 heterocycles. The molecule has 5 nitrogen and oxygen atoms in total. The molecule has 3 rings (SSSR count). The summed E-state index contributed by atoms with van der Waals surface area (Å²) in [4.78, 5) is 4.29. The lowest BCUT2D eigenvalue weighted by Crippen LogP contribution is -2.05. The third-order valence-corrected chi connectivity index (χ3v) is 3.09. The van der Waals surface area contributed by atoms with E-state index in [1.165, 1.54) is 19.3 Å². The molecule has 1 N–H and O–H groups in total. The number of fused-ring (bicyclic) bond motifs is 1. The Balaban J connectivity index is 1.66. The summed E-state index contributed by atoms with van der Waals surface area (Å²) in [6.45, 7) is 0.908. The highest BCUT2D eigenvalue weighted by Crippen LogP contribution is 2.20. The minimum Gasteiger partial charge on any atom is -0.367 e. The normalized spacial score (nSPS) is 15.2. The monoisotopic (exact) mass is 229 g/mol. The van der Waals surface area contributed by atoms with Crippen molar-refractivity contribution in [2.75, 3.05) is 11.9 Å². The molecule has 0 fully saturated rings. The molecule has 2 aromatic rings. The molecular weight excluding hydrogens is 214 g/mol. The Hall–Kier alpha value is -1.91. The summed E-state index contributed by atoms with van der Waals surface area (Å²) in [5, 5.41) is 11.2. The van der Waals surface area contributed by atoms with Crippen molar-refractivity contribution >= 4 is 11.5 Å². The molecule has 0 spiro atoms. The van der Waals surface area contributed by atoms with E-state index in [0.717, 1.165) is 24.4 Å². The Morgan fingerprint density at radius 2 is 2.41 bits per heavy atom. The lowest BCUT2D eigenvalue weighted by Gasteiger charge is -2.06. The molecular formula is C12H15N5. The van der Waals surface area contributed by atoms with Crippen LogP contribution in [0.4, 0.5) is 5.82 Å². The van der Waals surface area contributed by atoms with Crippen molar-refractivity contribution in [3.8, 4) is 0 Å². The van der Waals surface area contributed by atoms with Gasteiger partial charge < -0.3 is 5.32 Å². The Morgan fingerprint density at radius 3 is 3.29 bits per heavy atom. The number of nitrogens with zero attached hydrogens (tertiary/aromatic N) is 4. The molecule has 0 aliphatic heterocycles. The lowest BCUT2D eigenvalue weighted by molar-refractivity contribution is 0.861. The Bertz CT molecular complexity index is 543. The zero-order chi connectivity index (χ0) is 11.5. The molecule has 1 aliphatic rings. The van der Waals surface area contributed by atoms with E-state index in [4.69, 9.17) is 0 Å². The van der Waals surface area contributed by atoms with Crippen LogP contribution in [0.15, 0.2) is 30.4 Å². The van der Waals surface area contributed by atoms with Crippen LogP contribution in [-0.2, 0) is 0 Å². The van der Waals surface area contributed by atoms with Gasteiger partial charge in [0.05, 0.1) is 0 Å². The van der Waals surface area contributed by atoms with Crippen LogP contribution in [0.25, 0.3) is 5.65 Å². The molecule has 17 heavy (non-hydrogen) atoms. The molecule has 1 aliphatic carbocycles. The SMILES string of the molecule is C1=C(CCNc2nccn3cnnc23)CCC1. The first-order valence-electron chi connectivity index (χ1n) is 5.99. The molecule has 2 aromatic heterocycles. The fourth-order valence-corrected chi connectivity index (χ4v) is 2.19. The van der Waals surface area contributed by atoms with Crippen LogP contribution in [0, 0.1) is 0 Å². The van der Waals surface area contributed by atoms with Crippen molar-refractivity contribution < 1.29 is 0 Å². The van der Waals surface area contributed by atoms with Gasteiger partial charge in [-0.3, -0.25) is 4.40 Å². The van der Waals surface area contributed by atoms with Gasteiger partial charge in [0.25, 0.3) is 0 Å². The summed E-state index contributed by atoms with van der Waals surface area (Å²) in [5.74, 6) is 0.809. The van der Waals surface area contributed by atoms with E-state index in [0.29, 0.717) is 0 Å². The van der Waals surface area contributed by atoms with Gasteiger partial charge in [-0.05, 0) is 25.7 Å². The Labute approximate surface area is 99.6 Å². The Kier molecular flexibility index (Phi) is 2.73. The van der Waals surface area contributed by atoms with Crippen molar-refractivity contribution in [3.05, 3.63) is 30.4 Å². The fourth-order valence-electron chi connectivity index (χ4n) is 2.19. The third-order valence-electron chi connectivity index (χ3n) is 3.09. The van der Waals surface area contributed by atoms with E-state index in [1.54, 1.807) is 18.1 Å². The second-order valence-corrected chi connectivity index (χ2v) is 4.27. The van der Waals surface area contributed by atoms with Crippen LogP contribution in [0.1, 0.15) is 25.7 Å². The van der Waals surface area contributed by atoms with E-state index in [2.05, 4.69) is 26.6 Å². The highest BCUT2D eigenvalue weighted by atomic mass is 15.2. The first kappa shape index (κ1) is 10.3. The zero-order valence-corrected chi connectivity index (χ0v) is 9.63. The predicted molar refractivity (Wildman–Crippen MR) is 65.8 cm³/mol. The van der Waals surface area contributed by atoms with Gasteiger partial charge in [0.2, 0.25) is 5.65 Å². The summed E-state index contributed by atoms with van der Waals surface area (Å²) in [5.41, 5.74) is 2.35. The number of nitrogens with one attached hydrogen (secondary N) is 1. The fraction of sp³-hybridized carbons (Fsp3) is 0.417. The van der Waals surface area contributed by atoms with Crippen LogP contribution in [0.3, 0.4) is 0 Å². The first-order chi connectivity index (χ1) is 8.43. The van der Waals surface area contributed by atoms with Crippen LogP contribution in [0.5, 0.6) is 0 Å². The van der Waals surface area contributed by atoms with E-state index in [-0.39, 0.29) is 0 Å². The molecule has 0 atom stereocenters. The quantitative estimate of drug-likeness (QED) is 0.815. The molecule has 0 aromatic carbocycles. The molecule has 88 valence electrons. The van der Waals surface area contributed by atoms with Crippen molar-refractivity contribution in [1.29, 1.82) is 0 Å². The number of rotatable bonds is 4. The molecule has 0 saturated carbocycles. The minimum atomic E-state index is 0.785. The maximum Gasteiger partial charge on any atom is 0.203 e. The number of aromatic nitrogens is 4. The summed E-state index contributed by atoms with van der Waals surface area (Å²) in [6.07, 6.45) is 12.5. The average molecular weight is 229 g/mol. The standard InChI is InChI=1S/C12H15N5/c1-2-4-10(3-1)5-6-13-11-12-16-15-9-17(12)8-7-14-11/h3,7-9H,1-2,4-6H2,(H,13,14). The van der Waals surface area contributed by atoms with E-state index in [9.17, 15) is 0 Å². The second-order valence-electron chi connectivity index (χ2n) is 4.27. The van der Waals surface area contributed by atoms with Gasteiger partial charge in [0.1, 0.15) is 6.33 Å². The largest absolute Gasteiger partial charge is 0.367 e. The van der Waals surface area contributed by atoms with E-state index < -0.39 is 0 Å². The topological polar surface area (TPSA) is 55.1 Å². The molecule has 0 saturated heterocycles. The van der Waals surface area contributed by atoms with Crippen LogP contribution < -0.4 is 5.32 Å². The molecule has 0 amide bonds. The van der Waals surface area contributed by atoms with Gasteiger partial charge in [-0.25, -0.2) is 4.98 Å². The maximum absolute atomic E-state index is 4.29. The summed E-state index contributed by atoms with van der Waals surface area (Å²) in [6, 6.07) is 0. The summed E-state index contributed by atoms with van der Waals surface area (Å²) in [7, 11) is 0. The molecule has 0 radical (unpaired) electrons. The zero-order valence-electron chi connectivity index (χ0n) is 9.63. The van der Waals surface area contributed by atoms with Gasteiger partial charge in [0.15, 0.2) is 5.82 Å².